The molecule has 7 heteroatoms. The number of nitrogens with zero attached hydrogens (tertiary/aromatic N) is 2. The fourth-order valence-corrected chi connectivity index (χ4v) is 5.62. The average Bonchev–Trinajstić information content (AvgIpc) is 3.49. The van der Waals surface area contributed by atoms with Crippen molar-refractivity contribution < 1.29 is 4.79 Å². The highest BCUT2D eigenvalue weighted by Gasteiger charge is 2.09. The van der Waals surface area contributed by atoms with Crippen LogP contribution in [0, 0.1) is 0 Å². The van der Waals surface area contributed by atoms with Crippen LogP contribution >= 0.6 is 22.7 Å². The van der Waals surface area contributed by atoms with Gasteiger partial charge in [0.05, 0.1) is 20.4 Å². The number of thiazole rings is 2. The minimum atomic E-state index is -0.291. The quantitative estimate of drug-likeness (QED) is 0.271. The maximum Gasteiger partial charge on any atom is 0.323 e. The number of fused-ring (bicyclic) bond motifs is 2. The lowest BCUT2D eigenvalue weighted by Gasteiger charge is -2.08. The zero-order valence-corrected chi connectivity index (χ0v) is 19.5. The van der Waals surface area contributed by atoms with Crippen molar-refractivity contribution in [3.05, 3.63) is 97.1 Å². The molecule has 34 heavy (non-hydrogen) atoms. The van der Waals surface area contributed by atoms with Crippen molar-refractivity contribution in [3.63, 3.8) is 0 Å². The molecular formula is C27H18N4OS2. The fourth-order valence-electron chi connectivity index (χ4n) is 3.68. The second-order valence-electron chi connectivity index (χ2n) is 7.71. The molecule has 0 saturated carbocycles. The fraction of sp³-hybridized carbons (Fsp3) is 0. The van der Waals surface area contributed by atoms with Crippen molar-refractivity contribution in [2.45, 2.75) is 0 Å². The number of nitrogens with one attached hydrogen (secondary N) is 2. The standard InChI is InChI=1S/C27H18N4OS2/c32-27(28-19-13-9-17(10-14-19)25-30-21-5-1-3-7-23(21)33-25)29-20-15-11-18(12-16-20)26-31-22-6-2-4-8-24(22)34-26/h1-16H,(H2,28,29,32). The minimum Gasteiger partial charge on any atom is -0.308 e. The van der Waals surface area contributed by atoms with Gasteiger partial charge in [-0.2, -0.15) is 0 Å². The Bertz CT molecular complexity index is 1430. The van der Waals surface area contributed by atoms with Crippen LogP contribution in [0.3, 0.4) is 0 Å². The van der Waals surface area contributed by atoms with Gasteiger partial charge in [-0.1, -0.05) is 24.3 Å². The third-order valence-electron chi connectivity index (χ3n) is 5.37. The first-order valence-corrected chi connectivity index (χ1v) is 12.3. The average molecular weight is 479 g/mol. The number of benzene rings is 4. The van der Waals surface area contributed by atoms with Crippen LogP contribution in [0.15, 0.2) is 97.1 Å². The number of hydrogen-bond acceptors (Lipinski definition) is 5. The van der Waals surface area contributed by atoms with Crippen LogP contribution in [0.4, 0.5) is 16.2 Å². The molecule has 2 heterocycles. The second-order valence-corrected chi connectivity index (χ2v) is 9.77. The number of aromatic nitrogens is 2. The van der Waals surface area contributed by atoms with E-state index in [4.69, 9.17) is 0 Å². The van der Waals surface area contributed by atoms with Gasteiger partial charge in [-0.3, -0.25) is 0 Å². The molecule has 0 spiro atoms. The van der Waals surface area contributed by atoms with Gasteiger partial charge in [-0.25, -0.2) is 14.8 Å². The molecule has 164 valence electrons. The van der Waals surface area contributed by atoms with Crippen LogP contribution in [-0.2, 0) is 0 Å². The molecule has 0 aliphatic carbocycles. The molecule has 6 aromatic rings. The molecule has 0 radical (unpaired) electrons. The highest BCUT2D eigenvalue weighted by Crippen LogP contribution is 2.32. The first-order chi connectivity index (χ1) is 16.7. The summed E-state index contributed by atoms with van der Waals surface area (Å²) in [5, 5.41) is 7.69. The van der Waals surface area contributed by atoms with Crippen molar-refractivity contribution >= 4 is 60.5 Å². The molecule has 0 fully saturated rings. The van der Waals surface area contributed by atoms with Crippen molar-refractivity contribution in [1.29, 1.82) is 0 Å². The van der Waals surface area contributed by atoms with Gasteiger partial charge in [0, 0.05) is 22.5 Å². The van der Waals surface area contributed by atoms with Gasteiger partial charge in [0.2, 0.25) is 0 Å². The third kappa shape index (κ3) is 4.14. The molecule has 0 aliphatic rings. The Morgan fingerprint density at radius 1 is 0.559 bits per heavy atom. The number of carbonyl (C=O) groups excluding carboxylic acids is 1. The maximum absolute atomic E-state index is 12.5. The highest BCUT2D eigenvalue weighted by atomic mass is 32.1. The summed E-state index contributed by atoms with van der Waals surface area (Å²) in [6.45, 7) is 0. The van der Waals surface area contributed by atoms with Crippen LogP contribution in [0.5, 0.6) is 0 Å². The van der Waals surface area contributed by atoms with Crippen LogP contribution < -0.4 is 10.6 Å². The predicted molar refractivity (Wildman–Crippen MR) is 143 cm³/mol. The molecule has 6 rings (SSSR count). The van der Waals surface area contributed by atoms with Crippen LogP contribution in [0.2, 0.25) is 0 Å². The molecule has 0 saturated heterocycles. The Morgan fingerprint density at radius 3 is 1.38 bits per heavy atom. The molecule has 2 amide bonds. The van der Waals surface area contributed by atoms with Crippen molar-refractivity contribution in [2.24, 2.45) is 0 Å². The first-order valence-electron chi connectivity index (χ1n) is 10.7. The number of para-hydroxylation sites is 2. The van der Waals surface area contributed by atoms with Gasteiger partial charge in [0.1, 0.15) is 10.0 Å². The summed E-state index contributed by atoms with van der Waals surface area (Å²) in [5.41, 5.74) is 5.48. The van der Waals surface area contributed by atoms with Crippen LogP contribution in [0.25, 0.3) is 41.6 Å². The molecule has 5 nitrogen and oxygen atoms in total. The summed E-state index contributed by atoms with van der Waals surface area (Å²) in [6, 6.07) is 31.3. The normalized spacial score (nSPS) is 11.1. The number of urea groups is 1. The zero-order chi connectivity index (χ0) is 22.9. The van der Waals surface area contributed by atoms with E-state index in [1.54, 1.807) is 22.7 Å². The van der Waals surface area contributed by atoms with Gasteiger partial charge in [0.25, 0.3) is 0 Å². The Balaban J connectivity index is 1.11. The van der Waals surface area contributed by atoms with Gasteiger partial charge >= 0.3 is 6.03 Å². The van der Waals surface area contributed by atoms with E-state index in [9.17, 15) is 4.79 Å². The number of anilines is 2. The topological polar surface area (TPSA) is 66.9 Å². The number of rotatable bonds is 4. The largest absolute Gasteiger partial charge is 0.323 e. The molecule has 0 atom stereocenters. The van der Waals surface area contributed by atoms with E-state index in [1.165, 1.54) is 0 Å². The van der Waals surface area contributed by atoms with Crippen LogP contribution in [0.1, 0.15) is 0 Å². The van der Waals surface area contributed by atoms with E-state index in [0.29, 0.717) is 11.4 Å². The van der Waals surface area contributed by atoms with Gasteiger partial charge < -0.3 is 10.6 Å². The van der Waals surface area contributed by atoms with Crippen molar-refractivity contribution in [3.8, 4) is 21.1 Å². The molecule has 4 aromatic carbocycles. The van der Waals surface area contributed by atoms with E-state index in [2.05, 4.69) is 32.7 Å². The number of amides is 2. The van der Waals surface area contributed by atoms with Gasteiger partial charge in [0.15, 0.2) is 0 Å². The summed E-state index contributed by atoms with van der Waals surface area (Å²) < 4.78 is 2.32. The lowest BCUT2D eigenvalue weighted by atomic mass is 10.2. The predicted octanol–water partition coefficient (Wildman–Crippen LogP) is 7.88. The molecule has 2 N–H and O–H groups in total. The smallest absolute Gasteiger partial charge is 0.308 e. The molecular weight excluding hydrogens is 460 g/mol. The maximum atomic E-state index is 12.5. The zero-order valence-electron chi connectivity index (χ0n) is 17.9. The third-order valence-corrected chi connectivity index (χ3v) is 7.54. The van der Waals surface area contributed by atoms with E-state index in [-0.39, 0.29) is 6.03 Å². The Kier molecular flexibility index (Phi) is 5.25. The van der Waals surface area contributed by atoms with Crippen molar-refractivity contribution in [2.75, 3.05) is 10.6 Å². The summed E-state index contributed by atoms with van der Waals surface area (Å²) in [7, 11) is 0. The Morgan fingerprint density at radius 2 is 0.971 bits per heavy atom. The summed E-state index contributed by atoms with van der Waals surface area (Å²) >= 11 is 3.32. The van der Waals surface area contributed by atoms with E-state index in [0.717, 1.165) is 41.6 Å². The van der Waals surface area contributed by atoms with Gasteiger partial charge in [-0.05, 0) is 72.8 Å². The van der Waals surface area contributed by atoms with E-state index in [1.807, 2.05) is 84.9 Å². The van der Waals surface area contributed by atoms with E-state index < -0.39 is 0 Å². The summed E-state index contributed by atoms with van der Waals surface area (Å²) in [6.07, 6.45) is 0. The van der Waals surface area contributed by atoms with Crippen molar-refractivity contribution in [1.82, 2.24) is 9.97 Å². The number of carbonyl (C=O) groups is 1. The molecule has 2 aromatic heterocycles. The molecule has 0 bridgehead atoms. The summed E-state index contributed by atoms with van der Waals surface area (Å²) in [4.78, 5) is 21.9. The monoisotopic (exact) mass is 478 g/mol. The highest BCUT2D eigenvalue weighted by molar-refractivity contribution is 7.22. The van der Waals surface area contributed by atoms with Crippen LogP contribution in [-0.4, -0.2) is 16.0 Å². The minimum absolute atomic E-state index is 0.291. The molecule has 0 aliphatic heterocycles. The summed E-state index contributed by atoms with van der Waals surface area (Å²) in [5.74, 6) is 0. The Hall–Kier alpha value is -4.07. The lowest BCUT2D eigenvalue weighted by Crippen LogP contribution is -2.19. The lowest BCUT2D eigenvalue weighted by molar-refractivity contribution is 0.262. The first kappa shape index (κ1) is 20.5. The van der Waals surface area contributed by atoms with Gasteiger partial charge in [-0.15, -0.1) is 22.7 Å². The van der Waals surface area contributed by atoms with E-state index >= 15 is 0 Å². The molecule has 0 unspecified atom stereocenters. The number of hydrogen-bond donors (Lipinski definition) is 2. The second kappa shape index (κ2) is 8.70. The SMILES string of the molecule is O=C(Nc1ccc(-c2nc3ccccc3s2)cc1)Nc1ccc(-c2nc3ccccc3s2)cc1. The Labute approximate surface area is 203 Å².